The van der Waals surface area contributed by atoms with E-state index in [1.807, 2.05) is 0 Å². The first-order valence-electron chi connectivity index (χ1n) is 7.02. The predicted octanol–water partition coefficient (Wildman–Crippen LogP) is 3.31. The molecule has 0 saturated carbocycles. The maximum atomic E-state index is 13.0. The Morgan fingerprint density at radius 1 is 1.08 bits per heavy atom. The third kappa shape index (κ3) is 3.46. The maximum absolute atomic E-state index is 13.0. The van der Waals surface area contributed by atoms with Crippen molar-refractivity contribution in [1.29, 1.82) is 0 Å². The number of rotatable bonds is 4. The molecule has 0 unspecified atom stereocenters. The van der Waals surface area contributed by atoms with Gasteiger partial charge in [0.1, 0.15) is 17.5 Å². The molecule has 0 radical (unpaired) electrons. The van der Waals surface area contributed by atoms with Crippen LogP contribution in [-0.2, 0) is 0 Å². The van der Waals surface area contributed by atoms with Crippen LogP contribution in [0.2, 0.25) is 0 Å². The van der Waals surface area contributed by atoms with Gasteiger partial charge in [-0.25, -0.2) is 19.2 Å². The van der Waals surface area contributed by atoms with E-state index in [4.69, 9.17) is 10.8 Å². The highest BCUT2D eigenvalue weighted by Gasteiger charge is 2.08. The van der Waals surface area contributed by atoms with E-state index in [-0.39, 0.29) is 17.2 Å². The Balaban J connectivity index is 1.93. The van der Waals surface area contributed by atoms with E-state index in [9.17, 15) is 9.18 Å². The van der Waals surface area contributed by atoms with Gasteiger partial charge in [-0.15, -0.1) is 0 Å². The van der Waals surface area contributed by atoms with Crippen LogP contribution in [0, 0.1) is 5.82 Å². The molecule has 0 fully saturated rings. The number of nitrogens with one attached hydrogen (secondary N) is 1. The van der Waals surface area contributed by atoms with E-state index in [1.165, 1.54) is 30.3 Å². The highest BCUT2D eigenvalue weighted by Crippen LogP contribution is 2.22. The second kappa shape index (κ2) is 6.33. The number of aromatic carboxylic acids is 1. The third-order valence-corrected chi connectivity index (χ3v) is 3.23. The number of nitrogen functional groups attached to an aromatic ring is 1. The number of halogens is 1. The monoisotopic (exact) mass is 324 g/mol. The lowest BCUT2D eigenvalue weighted by atomic mass is 10.2. The molecule has 0 spiro atoms. The second-order valence-electron chi connectivity index (χ2n) is 5.02. The van der Waals surface area contributed by atoms with Crippen LogP contribution in [0.3, 0.4) is 0 Å². The van der Waals surface area contributed by atoms with Gasteiger partial charge in [-0.05, 0) is 42.5 Å². The van der Waals surface area contributed by atoms with Gasteiger partial charge in [-0.3, -0.25) is 0 Å². The van der Waals surface area contributed by atoms with E-state index < -0.39 is 5.97 Å². The Morgan fingerprint density at radius 3 is 2.54 bits per heavy atom. The molecule has 0 aliphatic heterocycles. The molecule has 0 aliphatic carbocycles. The van der Waals surface area contributed by atoms with Gasteiger partial charge in [0.15, 0.2) is 5.82 Å². The highest BCUT2D eigenvalue weighted by atomic mass is 19.1. The molecule has 0 amide bonds. The Morgan fingerprint density at radius 2 is 1.83 bits per heavy atom. The first-order valence-corrected chi connectivity index (χ1v) is 7.02. The van der Waals surface area contributed by atoms with Gasteiger partial charge in [-0.1, -0.05) is 6.07 Å². The molecule has 0 bridgehead atoms. The normalized spacial score (nSPS) is 10.4. The standard InChI is InChI=1S/C17H13FN4O2/c18-12-6-4-10(5-7-12)16-21-14(19)9-15(22-16)20-13-3-1-2-11(8-13)17(23)24/h1-9H,(H,23,24)(H3,19,20,21,22). The van der Waals surface area contributed by atoms with Gasteiger partial charge < -0.3 is 16.2 Å². The molecule has 0 atom stereocenters. The van der Waals surface area contributed by atoms with Crippen molar-refractivity contribution in [3.63, 3.8) is 0 Å². The van der Waals surface area contributed by atoms with Crippen LogP contribution in [0.4, 0.5) is 21.7 Å². The lowest BCUT2D eigenvalue weighted by Gasteiger charge is -2.09. The number of anilines is 3. The van der Waals surface area contributed by atoms with Crippen molar-refractivity contribution in [1.82, 2.24) is 9.97 Å². The minimum Gasteiger partial charge on any atom is -0.478 e. The first kappa shape index (κ1) is 15.4. The van der Waals surface area contributed by atoms with Gasteiger partial charge >= 0.3 is 5.97 Å². The Hall–Kier alpha value is -3.48. The van der Waals surface area contributed by atoms with Crippen LogP contribution in [0.15, 0.2) is 54.6 Å². The highest BCUT2D eigenvalue weighted by molar-refractivity contribution is 5.89. The summed E-state index contributed by atoms with van der Waals surface area (Å²) < 4.78 is 13.0. The number of aromatic nitrogens is 2. The molecular formula is C17H13FN4O2. The van der Waals surface area contributed by atoms with E-state index in [0.717, 1.165) is 0 Å². The Labute approximate surface area is 136 Å². The molecule has 7 heteroatoms. The number of hydrogen-bond donors (Lipinski definition) is 3. The Bertz CT molecular complexity index is 897. The largest absolute Gasteiger partial charge is 0.478 e. The molecule has 2 aromatic carbocycles. The summed E-state index contributed by atoms with van der Waals surface area (Å²) in [6.07, 6.45) is 0. The lowest BCUT2D eigenvalue weighted by molar-refractivity contribution is 0.0697. The fourth-order valence-corrected chi connectivity index (χ4v) is 2.14. The van der Waals surface area contributed by atoms with E-state index in [1.54, 1.807) is 24.3 Å². The van der Waals surface area contributed by atoms with Gasteiger partial charge in [0.25, 0.3) is 0 Å². The van der Waals surface area contributed by atoms with Crippen LogP contribution in [-0.4, -0.2) is 21.0 Å². The summed E-state index contributed by atoms with van der Waals surface area (Å²) in [5, 5.41) is 12.0. The van der Waals surface area contributed by atoms with Crippen LogP contribution < -0.4 is 11.1 Å². The molecule has 1 aromatic heterocycles. The van der Waals surface area contributed by atoms with Crippen LogP contribution in [0.25, 0.3) is 11.4 Å². The van der Waals surface area contributed by atoms with Crippen molar-refractivity contribution < 1.29 is 14.3 Å². The summed E-state index contributed by atoms with van der Waals surface area (Å²) >= 11 is 0. The average molecular weight is 324 g/mol. The third-order valence-electron chi connectivity index (χ3n) is 3.23. The molecule has 120 valence electrons. The smallest absolute Gasteiger partial charge is 0.335 e. The average Bonchev–Trinajstić information content (AvgIpc) is 2.55. The molecule has 3 rings (SSSR count). The molecule has 0 aliphatic rings. The van der Waals surface area contributed by atoms with Crippen molar-refractivity contribution in [2.24, 2.45) is 0 Å². The topological polar surface area (TPSA) is 101 Å². The molecule has 0 saturated heterocycles. The number of nitrogens with two attached hydrogens (primary N) is 1. The number of carboxylic acids is 1. The minimum atomic E-state index is -1.02. The molecule has 3 aromatic rings. The van der Waals surface area contributed by atoms with E-state index in [0.29, 0.717) is 22.9 Å². The summed E-state index contributed by atoms with van der Waals surface area (Å²) in [6, 6.07) is 13.6. The van der Waals surface area contributed by atoms with Crippen molar-refractivity contribution in [2.45, 2.75) is 0 Å². The number of carboxylic acid groups (broad SMARTS) is 1. The van der Waals surface area contributed by atoms with Crippen molar-refractivity contribution in [3.8, 4) is 11.4 Å². The SMILES string of the molecule is Nc1cc(Nc2cccc(C(=O)O)c2)nc(-c2ccc(F)cc2)n1. The summed E-state index contributed by atoms with van der Waals surface area (Å²) in [4.78, 5) is 19.5. The number of carbonyl (C=O) groups is 1. The van der Waals surface area contributed by atoms with E-state index in [2.05, 4.69) is 15.3 Å². The second-order valence-corrected chi connectivity index (χ2v) is 5.02. The molecule has 4 N–H and O–H groups in total. The summed E-state index contributed by atoms with van der Waals surface area (Å²) in [6.45, 7) is 0. The summed E-state index contributed by atoms with van der Waals surface area (Å²) in [5.41, 5.74) is 7.12. The van der Waals surface area contributed by atoms with Gasteiger partial charge in [0.05, 0.1) is 5.56 Å². The van der Waals surface area contributed by atoms with Gasteiger partial charge in [0.2, 0.25) is 0 Å². The van der Waals surface area contributed by atoms with Crippen molar-refractivity contribution >= 4 is 23.3 Å². The minimum absolute atomic E-state index is 0.154. The molecule has 6 nitrogen and oxygen atoms in total. The zero-order valence-electron chi connectivity index (χ0n) is 12.4. The lowest BCUT2D eigenvalue weighted by Crippen LogP contribution is -2.02. The maximum Gasteiger partial charge on any atom is 0.335 e. The number of nitrogens with zero attached hydrogens (tertiary/aromatic N) is 2. The molecule has 1 heterocycles. The van der Waals surface area contributed by atoms with Crippen LogP contribution >= 0.6 is 0 Å². The number of benzene rings is 2. The van der Waals surface area contributed by atoms with Crippen molar-refractivity contribution in [2.75, 3.05) is 11.1 Å². The predicted molar refractivity (Wildman–Crippen MR) is 88.5 cm³/mol. The zero-order chi connectivity index (χ0) is 17.1. The molecule has 24 heavy (non-hydrogen) atoms. The van der Waals surface area contributed by atoms with E-state index >= 15 is 0 Å². The number of hydrogen-bond acceptors (Lipinski definition) is 5. The van der Waals surface area contributed by atoms with Crippen LogP contribution in [0.1, 0.15) is 10.4 Å². The zero-order valence-corrected chi connectivity index (χ0v) is 12.4. The van der Waals surface area contributed by atoms with Gasteiger partial charge in [-0.2, -0.15) is 0 Å². The van der Waals surface area contributed by atoms with Gasteiger partial charge in [0, 0.05) is 17.3 Å². The first-order chi connectivity index (χ1) is 11.5. The fraction of sp³-hybridized carbons (Fsp3) is 0. The summed E-state index contributed by atoms with van der Waals surface area (Å²) in [7, 11) is 0. The van der Waals surface area contributed by atoms with Crippen molar-refractivity contribution in [3.05, 3.63) is 66.0 Å². The quantitative estimate of drug-likeness (QED) is 0.680. The summed E-state index contributed by atoms with van der Waals surface area (Å²) in [5.74, 6) is -0.392. The Kier molecular flexibility index (Phi) is 4.07. The van der Waals surface area contributed by atoms with Crippen LogP contribution in [0.5, 0.6) is 0 Å². The fourth-order valence-electron chi connectivity index (χ4n) is 2.14. The molecular weight excluding hydrogens is 311 g/mol.